The number of carbonyl (C=O) groups excluding carboxylic acids is 1. The highest BCUT2D eigenvalue weighted by Crippen LogP contribution is 2.35. The number of sulfonamides is 1. The van der Waals surface area contributed by atoms with Gasteiger partial charge in [0.2, 0.25) is 10.0 Å². The number of nitrogens with zero attached hydrogens (tertiary/aromatic N) is 1. The van der Waals surface area contributed by atoms with Gasteiger partial charge in [0.05, 0.1) is 17.5 Å². The van der Waals surface area contributed by atoms with Crippen molar-refractivity contribution in [1.82, 2.24) is 0 Å². The third-order valence-electron chi connectivity index (χ3n) is 4.38. The molecule has 28 heavy (non-hydrogen) atoms. The number of hydrogen-bond acceptors (Lipinski definition) is 3. The normalized spacial score (nSPS) is 16.8. The lowest BCUT2D eigenvalue weighted by atomic mass is 10.1. The fourth-order valence-electron chi connectivity index (χ4n) is 3.27. The van der Waals surface area contributed by atoms with Gasteiger partial charge in [0.25, 0.3) is 5.91 Å². The predicted octanol–water partition coefficient (Wildman–Crippen LogP) is 3.81. The molecule has 1 aliphatic heterocycles. The summed E-state index contributed by atoms with van der Waals surface area (Å²) >= 11 is 0. The van der Waals surface area contributed by atoms with Gasteiger partial charge in [-0.05, 0) is 55.3 Å². The van der Waals surface area contributed by atoms with E-state index in [2.05, 4.69) is 5.32 Å². The topological polar surface area (TPSA) is 66.5 Å². The van der Waals surface area contributed by atoms with Gasteiger partial charge in [-0.15, -0.1) is 0 Å². The van der Waals surface area contributed by atoms with Crippen LogP contribution in [0.4, 0.5) is 28.9 Å². The molecule has 0 saturated carbocycles. The summed E-state index contributed by atoms with van der Waals surface area (Å²) in [6.45, 7) is 1.73. The molecule has 0 aliphatic carbocycles. The molecule has 1 atom stereocenters. The minimum Gasteiger partial charge on any atom is -0.322 e. The summed E-state index contributed by atoms with van der Waals surface area (Å²) in [5, 5.41) is 2.30. The van der Waals surface area contributed by atoms with Crippen molar-refractivity contribution < 1.29 is 30.8 Å². The lowest BCUT2D eigenvalue weighted by Gasteiger charge is -2.21. The second-order valence-corrected chi connectivity index (χ2v) is 8.46. The Morgan fingerprint density at radius 1 is 1.18 bits per heavy atom. The Morgan fingerprint density at radius 2 is 1.86 bits per heavy atom. The molecule has 1 N–H and O–H groups in total. The number of carbonyl (C=O) groups is 1. The van der Waals surface area contributed by atoms with Crippen LogP contribution in [-0.2, 0) is 22.6 Å². The van der Waals surface area contributed by atoms with Crippen molar-refractivity contribution in [3.05, 3.63) is 58.9 Å². The maximum atomic E-state index is 13.4. The van der Waals surface area contributed by atoms with Crippen LogP contribution >= 0.6 is 0 Å². The summed E-state index contributed by atoms with van der Waals surface area (Å²) < 4.78 is 76.9. The Bertz CT molecular complexity index is 1050. The predicted molar refractivity (Wildman–Crippen MR) is 96.3 cm³/mol. The van der Waals surface area contributed by atoms with E-state index in [0.29, 0.717) is 29.8 Å². The Hall–Kier alpha value is -2.62. The van der Waals surface area contributed by atoms with Crippen molar-refractivity contribution in [2.45, 2.75) is 25.6 Å². The summed E-state index contributed by atoms with van der Waals surface area (Å²) in [6, 6.07) is 6.25. The van der Waals surface area contributed by atoms with Crippen molar-refractivity contribution in [1.29, 1.82) is 0 Å². The van der Waals surface area contributed by atoms with Gasteiger partial charge < -0.3 is 5.32 Å². The summed E-state index contributed by atoms with van der Waals surface area (Å²) in [5.41, 5.74) is -0.422. The van der Waals surface area contributed by atoms with Crippen LogP contribution in [0.25, 0.3) is 0 Å². The Morgan fingerprint density at radius 3 is 2.46 bits per heavy atom. The minimum absolute atomic E-state index is 0.152. The Labute approximate surface area is 159 Å². The zero-order valence-electron chi connectivity index (χ0n) is 14.8. The van der Waals surface area contributed by atoms with E-state index < -0.39 is 33.5 Å². The van der Waals surface area contributed by atoms with Crippen LogP contribution in [0.15, 0.2) is 36.4 Å². The lowest BCUT2D eigenvalue weighted by Crippen LogP contribution is -2.34. The maximum Gasteiger partial charge on any atom is 0.419 e. The third-order valence-corrected chi connectivity index (χ3v) is 5.65. The molecular formula is C18H16F4N2O3S. The van der Waals surface area contributed by atoms with Gasteiger partial charge in [-0.25, -0.2) is 12.8 Å². The van der Waals surface area contributed by atoms with E-state index in [1.54, 1.807) is 6.92 Å². The van der Waals surface area contributed by atoms with E-state index in [1.807, 2.05) is 0 Å². The van der Waals surface area contributed by atoms with Crippen LogP contribution in [0.3, 0.4) is 0 Å². The van der Waals surface area contributed by atoms with Crippen LogP contribution in [0.2, 0.25) is 0 Å². The van der Waals surface area contributed by atoms with E-state index in [9.17, 15) is 30.8 Å². The zero-order valence-corrected chi connectivity index (χ0v) is 15.7. The highest BCUT2D eigenvalue weighted by Gasteiger charge is 2.35. The molecular weight excluding hydrogens is 400 g/mol. The second-order valence-electron chi connectivity index (χ2n) is 6.60. The second kappa shape index (κ2) is 6.77. The fraction of sp³-hybridized carbons (Fsp3) is 0.278. The van der Waals surface area contributed by atoms with Crippen molar-refractivity contribution in [2.75, 3.05) is 15.9 Å². The summed E-state index contributed by atoms with van der Waals surface area (Å²) in [7, 11) is -3.48. The Kier molecular flexibility index (Phi) is 4.86. The van der Waals surface area contributed by atoms with E-state index in [4.69, 9.17) is 0 Å². The van der Waals surface area contributed by atoms with E-state index >= 15 is 0 Å². The van der Waals surface area contributed by atoms with E-state index in [-0.39, 0.29) is 17.3 Å². The minimum atomic E-state index is -4.89. The van der Waals surface area contributed by atoms with Crippen LogP contribution < -0.4 is 9.62 Å². The van der Waals surface area contributed by atoms with Crippen molar-refractivity contribution in [3.8, 4) is 0 Å². The van der Waals surface area contributed by atoms with Crippen molar-refractivity contribution >= 4 is 27.3 Å². The first-order chi connectivity index (χ1) is 12.9. The first-order valence-corrected chi connectivity index (χ1v) is 10.0. The first kappa shape index (κ1) is 20.1. The molecule has 1 aliphatic rings. The van der Waals surface area contributed by atoms with Crippen LogP contribution in [-0.4, -0.2) is 26.6 Å². The molecule has 0 radical (unpaired) electrons. The molecule has 1 unspecified atom stereocenters. The number of fused-ring (bicyclic) bond motifs is 1. The number of rotatable bonds is 3. The average Bonchev–Trinajstić information content (AvgIpc) is 2.90. The fourth-order valence-corrected chi connectivity index (χ4v) is 4.54. The van der Waals surface area contributed by atoms with Crippen LogP contribution in [0.5, 0.6) is 0 Å². The molecule has 2 aromatic rings. The molecule has 0 aromatic heterocycles. The molecule has 0 saturated heterocycles. The molecule has 0 fully saturated rings. The van der Waals surface area contributed by atoms with Gasteiger partial charge in [0, 0.05) is 17.3 Å². The summed E-state index contributed by atoms with van der Waals surface area (Å²) in [5.74, 6) is -2.12. The highest BCUT2D eigenvalue weighted by molar-refractivity contribution is 7.92. The molecule has 1 amide bonds. The number of alkyl halides is 3. The van der Waals surface area contributed by atoms with Gasteiger partial charge in [-0.2, -0.15) is 13.2 Å². The van der Waals surface area contributed by atoms with Gasteiger partial charge in [0.1, 0.15) is 5.82 Å². The van der Waals surface area contributed by atoms with Crippen molar-refractivity contribution in [3.63, 3.8) is 0 Å². The van der Waals surface area contributed by atoms with E-state index in [1.165, 1.54) is 22.5 Å². The van der Waals surface area contributed by atoms with Gasteiger partial charge in [-0.3, -0.25) is 9.10 Å². The average molecular weight is 416 g/mol. The number of amides is 1. The maximum absolute atomic E-state index is 13.4. The highest BCUT2D eigenvalue weighted by atomic mass is 32.2. The number of benzene rings is 2. The summed E-state index contributed by atoms with van der Waals surface area (Å²) in [6.07, 6.45) is -3.39. The zero-order chi connectivity index (χ0) is 20.9. The Balaban J connectivity index is 1.87. The monoisotopic (exact) mass is 416 g/mol. The lowest BCUT2D eigenvalue weighted by molar-refractivity contribution is -0.139. The molecule has 1 heterocycles. The largest absolute Gasteiger partial charge is 0.419 e. The molecule has 2 aromatic carbocycles. The smallest absolute Gasteiger partial charge is 0.322 e. The number of hydrogen-bond donors (Lipinski definition) is 1. The number of halogens is 4. The molecule has 3 rings (SSSR count). The number of anilines is 2. The number of nitrogens with one attached hydrogen (secondary N) is 1. The quantitative estimate of drug-likeness (QED) is 0.774. The first-order valence-electron chi connectivity index (χ1n) is 8.18. The van der Waals surface area contributed by atoms with Gasteiger partial charge in [0.15, 0.2) is 0 Å². The molecule has 150 valence electrons. The van der Waals surface area contributed by atoms with Crippen LogP contribution in [0.1, 0.15) is 28.4 Å². The van der Waals surface area contributed by atoms with Gasteiger partial charge >= 0.3 is 6.18 Å². The standard InChI is InChI=1S/C18H16F4N2O3S/c1-10-7-12-8-11(3-6-16(12)24(10)28(2,26)27)17(25)23-13-4-5-15(19)14(9-13)18(20,21)22/h3-6,8-10H,7H2,1-2H3,(H,23,25). The molecule has 0 bridgehead atoms. The van der Waals surface area contributed by atoms with E-state index in [0.717, 1.165) is 12.3 Å². The SMILES string of the molecule is CC1Cc2cc(C(=O)Nc3ccc(F)c(C(F)(F)F)c3)ccc2N1S(C)(=O)=O. The summed E-state index contributed by atoms with van der Waals surface area (Å²) in [4.78, 5) is 12.4. The molecule has 5 nitrogen and oxygen atoms in total. The van der Waals surface area contributed by atoms with Gasteiger partial charge in [-0.1, -0.05) is 0 Å². The third kappa shape index (κ3) is 3.82. The van der Waals surface area contributed by atoms with Crippen molar-refractivity contribution in [2.24, 2.45) is 0 Å². The molecule has 10 heteroatoms. The molecule has 0 spiro atoms. The van der Waals surface area contributed by atoms with Crippen LogP contribution in [0, 0.1) is 5.82 Å².